The third-order valence-corrected chi connectivity index (χ3v) is 5.78. The molecule has 35 heavy (non-hydrogen) atoms. The molecule has 4 rings (SSSR count). The van der Waals surface area contributed by atoms with E-state index in [1.165, 1.54) is 17.0 Å². The number of H-pyrrole nitrogens is 1. The zero-order chi connectivity index (χ0) is 24.8. The van der Waals surface area contributed by atoms with Crippen LogP contribution >= 0.6 is 0 Å². The van der Waals surface area contributed by atoms with Crippen LogP contribution in [0.4, 0.5) is 4.39 Å². The van der Waals surface area contributed by atoms with E-state index in [-0.39, 0.29) is 30.1 Å². The molecule has 178 valence electrons. The molecule has 2 amide bonds. The minimum Gasteiger partial charge on any atom is -0.350 e. The van der Waals surface area contributed by atoms with Gasteiger partial charge in [-0.2, -0.15) is 5.10 Å². The molecule has 4 aromatic rings. The Bertz CT molecular complexity index is 1420. The number of rotatable bonds is 8. The standard InChI is InChI=1S/C27H25FN4O3/c1-2-32(15-14-29-25(33)19-8-4-3-5-9-19)27(35)22-16-18(12-13-23(22)28)17-24-20-10-6-7-11-21(20)26(34)31-30-24/h3-13,16H,2,14-15,17H2,1H3,(H,29,33)(H,31,34). The van der Waals surface area contributed by atoms with Crippen LogP contribution in [0.15, 0.2) is 77.6 Å². The molecule has 7 nitrogen and oxygen atoms in total. The Morgan fingerprint density at radius 1 is 1.00 bits per heavy atom. The Balaban J connectivity index is 1.48. The van der Waals surface area contributed by atoms with Gasteiger partial charge in [-0.3, -0.25) is 14.4 Å². The lowest BCUT2D eigenvalue weighted by atomic mass is 10.0. The van der Waals surface area contributed by atoms with Crippen LogP contribution in [0.5, 0.6) is 0 Å². The molecule has 2 N–H and O–H groups in total. The van der Waals surface area contributed by atoms with Gasteiger partial charge >= 0.3 is 0 Å². The molecule has 8 heteroatoms. The van der Waals surface area contributed by atoms with E-state index in [0.717, 1.165) is 0 Å². The number of aromatic nitrogens is 2. The van der Waals surface area contributed by atoms with Crippen LogP contribution in [-0.4, -0.2) is 46.5 Å². The summed E-state index contributed by atoms with van der Waals surface area (Å²) in [6.07, 6.45) is 0.317. The fourth-order valence-electron chi connectivity index (χ4n) is 3.92. The summed E-state index contributed by atoms with van der Waals surface area (Å²) in [7, 11) is 0. The predicted molar refractivity (Wildman–Crippen MR) is 132 cm³/mol. The van der Waals surface area contributed by atoms with E-state index in [2.05, 4.69) is 15.5 Å². The van der Waals surface area contributed by atoms with Crippen LogP contribution in [0.2, 0.25) is 0 Å². The van der Waals surface area contributed by atoms with Crippen molar-refractivity contribution in [2.45, 2.75) is 13.3 Å². The summed E-state index contributed by atoms with van der Waals surface area (Å²) in [4.78, 5) is 38.9. The largest absolute Gasteiger partial charge is 0.350 e. The number of benzene rings is 3. The van der Waals surface area contributed by atoms with Crippen LogP contribution in [0.3, 0.4) is 0 Å². The number of halogens is 1. The van der Waals surface area contributed by atoms with Gasteiger partial charge in [-0.25, -0.2) is 9.49 Å². The van der Waals surface area contributed by atoms with Gasteiger partial charge in [0.1, 0.15) is 5.82 Å². The van der Waals surface area contributed by atoms with Crippen molar-refractivity contribution in [3.8, 4) is 0 Å². The van der Waals surface area contributed by atoms with Crippen molar-refractivity contribution < 1.29 is 14.0 Å². The Morgan fingerprint density at radius 2 is 1.71 bits per heavy atom. The second-order valence-electron chi connectivity index (χ2n) is 8.04. The smallest absolute Gasteiger partial charge is 0.272 e. The number of likely N-dealkylation sites (N-methyl/N-ethyl adjacent to an activating group) is 1. The third kappa shape index (κ3) is 5.43. The molecule has 0 spiro atoms. The first-order valence-electron chi connectivity index (χ1n) is 11.3. The van der Waals surface area contributed by atoms with Gasteiger partial charge in [0.05, 0.1) is 16.6 Å². The van der Waals surface area contributed by atoms with Crippen LogP contribution < -0.4 is 10.9 Å². The van der Waals surface area contributed by atoms with Crippen molar-refractivity contribution >= 4 is 22.6 Å². The summed E-state index contributed by atoms with van der Waals surface area (Å²) in [5, 5.41) is 10.7. The Labute approximate surface area is 201 Å². The Morgan fingerprint density at radius 3 is 2.46 bits per heavy atom. The van der Waals surface area contributed by atoms with Crippen molar-refractivity contribution in [2.75, 3.05) is 19.6 Å². The van der Waals surface area contributed by atoms with Gasteiger partial charge in [0.25, 0.3) is 17.4 Å². The molecule has 1 aromatic heterocycles. The highest BCUT2D eigenvalue weighted by Crippen LogP contribution is 2.19. The number of amides is 2. The topological polar surface area (TPSA) is 95.2 Å². The average Bonchev–Trinajstić information content (AvgIpc) is 2.89. The van der Waals surface area contributed by atoms with Crippen LogP contribution in [0, 0.1) is 5.82 Å². The number of fused-ring (bicyclic) bond motifs is 1. The van der Waals surface area contributed by atoms with Crippen molar-refractivity contribution in [1.82, 2.24) is 20.4 Å². The summed E-state index contributed by atoms with van der Waals surface area (Å²) < 4.78 is 14.7. The van der Waals surface area contributed by atoms with Crippen molar-refractivity contribution in [2.24, 2.45) is 0 Å². The van der Waals surface area contributed by atoms with E-state index in [0.29, 0.717) is 40.6 Å². The molecule has 0 aliphatic rings. The Hall–Kier alpha value is -4.33. The molecule has 0 radical (unpaired) electrons. The molecule has 0 atom stereocenters. The highest BCUT2D eigenvalue weighted by atomic mass is 19.1. The average molecular weight is 473 g/mol. The second-order valence-corrected chi connectivity index (χ2v) is 8.04. The maximum Gasteiger partial charge on any atom is 0.272 e. The number of carbonyl (C=O) groups is 2. The molecule has 0 saturated carbocycles. The highest BCUT2D eigenvalue weighted by molar-refractivity contribution is 5.95. The number of hydrogen-bond donors (Lipinski definition) is 2. The monoisotopic (exact) mass is 472 g/mol. The lowest BCUT2D eigenvalue weighted by Gasteiger charge is -2.22. The van der Waals surface area contributed by atoms with E-state index < -0.39 is 11.7 Å². The van der Waals surface area contributed by atoms with E-state index in [1.54, 1.807) is 49.4 Å². The number of carbonyl (C=O) groups excluding carboxylic acids is 2. The molecule has 3 aromatic carbocycles. The van der Waals surface area contributed by atoms with E-state index in [4.69, 9.17) is 0 Å². The van der Waals surface area contributed by atoms with Gasteiger partial charge in [-0.05, 0) is 42.8 Å². The quantitative estimate of drug-likeness (QED) is 0.410. The molecule has 0 unspecified atom stereocenters. The van der Waals surface area contributed by atoms with E-state index in [1.807, 2.05) is 18.2 Å². The predicted octanol–water partition coefficient (Wildman–Crippen LogP) is 3.55. The lowest BCUT2D eigenvalue weighted by molar-refractivity contribution is 0.0752. The minimum absolute atomic E-state index is 0.0486. The number of nitrogens with zero attached hydrogens (tertiary/aromatic N) is 2. The fraction of sp³-hybridized carbons (Fsp3) is 0.185. The maximum absolute atomic E-state index is 14.7. The molecule has 0 aliphatic carbocycles. The van der Waals surface area contributed by atoms with Crippen molar-refractivity contribution in [3.63, 3.8) is 0 Å². The zero-order valence-corrected chi connectivity index (χ0v) is 19.3. The van der Waals surface area contributed by atoms with Crippen LogP contribution in [0.25, 0.3) is 10.8 Å². The van der Waals surface area contributed by atoms with Gasteiger partial charge in [-0.15, -0.1) is 0 Å². The first-order chi connectivity index (χ1) is 17.0. The SMILES string of the molecule is CCN(CCNC(=O)c1ccccc1)C(=O)c1cc(Cc2n[nH]c(=O)c3ccccc23)ccc1F. The summed E-state index contributed by atoms with van der Waals surface area (Å²) >= 11 is 0. The van der Waals surface area contributed by atoms with Crippen LogP contribution in [-0.2, 0) is 6.42 Å². The van der Waals surface area contributed by atoms with E-state index >= 15 is 0 Å². The molecule has 0 bridgehead atoms. The van der Waals surface area contributed by atoms with Gasteiger partial charge in [0.15, 0.2) is 0 Å². The summed E-state index contributed by atoms with van der Waals surface area (Å²) in [6.45, 7) is 2.64. The van der Waals surface area contributed by atoms with Crippen molar-refractivity contribution in [1.29, 1.82) is 0 Å². The lowest BCUT2D eigenvalue weighted by Crippen LogP contribution is -2.38. The number of hydrogen-bond acceptors (Lipinski definition) is 4. The number of nitrogens with one attached hydrogen (secondary N) is 2. The second kappa shape index (κ2) is 10.7. The molecular weight excluding hydrogens is 447 g/mol. The molecular formula is C27H25FN4O3. The molecule has 0 saturated heterocycles. The Kier molecular flexibility index (Phi) is 7.30. The fourth-order valence-corrected chi connectivity index (χ4v) is 3.92. The zero-order valence-electron chi connectivity index (χ0n) is 19.3. The third-order valence-electron chi connectivity index (χ3n) is 5.78. The van der Waals surface area contributed by atoms with Gasteiger partial charge in [-0.1, -0.05) is 42.5 Å². The first kappa shape index (κ1) is 23.8. The van der Waals surface area contributed by atoms with Gasteiger partial charge in [0, 0.05) is 37.0 Å². The maximum atomic E-state index is 14.7. The summed E-state index contributed by atoms with van der Waals surface area (Å²) in [5.41, 5.74) is 1.52. The molecule has 0 fully saturated rings. The van der Waals surface area contributed by atoms with E-state index in [9.17, 15) is 18.8 Å². The van der Waals surface area contributed by atoms with Gasteiger partial charge < -0.3 is 10.2 Å². The van der Waals surface area contributed by atoms with Gasteiger partial charge in [0.2, 0.25) is 0 Å². The van der Waals surface area contributed by atoms with Crippen LogP contribution in [0.1, 0.15) is 38.9 Å². The first-order valence-corrected chi connectivity index (χ1v) is 11.3. The minimum atomic E-state index is -0.621. The normalized spacial score (nSPS) is 10.8. The summed E-state index contributed by atoms with van der Waals surface area (Å²) in [5.74, 6) is -1.31. The highest BCUT2D eigenvalue weighted by Gasteiger charge is 2.19. The molecule has 1 heterocycles. The number of aromatic amines is 1. The van der Waals surface area contributed by atoms with Crippen molar-refractivity contribution in [3.05, 3.63) is 111 Å². The molecule has 0 aliphatic heterocycles. The summed E-state index contributed by atoms with van der Waals surface area (Å²) in [6, 6.07) is 20.3.